The summed E-state index contributed by atoms with van der Waals surface area (Å²) < 4.78 is 11.2. The SMILES string of the molecule is COC1CCCCC1NC1CCOC(C)C1. The molecule has 16 heavy (non-hydrogen) atoms. The van der Waals surface area contributed by atoms with E-state index in [0.29, 0.717) is 24.3 Å². The minimum absolute atomic E-state index is 0.413. The van der Waals surface area contributed by atoms with Crippen LogP contribution in [0.25, 0.3) is 0 Å². The molecular weight excluding hydrogens is 202 g/mol. The van der Waals surface area contributed by atoms with E-state index in [9.17, 15) is 0 Å². The Morgan fingerprint density at radius 3 is 2.75 bits per heavy atom. The van der Waals surface area contributed by atoms with Crippen molar-refractivity contribution in [3.05, 3.63) is 0 Å². The number of methoxy groups -OCH3 is 1. The highest BCUT2D eigenvalue weighted by Crippen LogP contribution is 2.23. The fourth-order valence-corrected chi connectivity index (χ4v) is 3.02. The minimum atomic E-state index is 0.413. The Labute approximate surface area is 98.9 Å². The topological polar surface area (TPSA) is 30.5 Å². The normalized spacial score (nSPS) is 40.9. The number of ether oxygens (including phenoxy) is 2. The van der Waals surface area contributed by atoms with E-state index in [0.717, 1.165) is 19.4 Å². The molecule has 0 amide bonds. The van der Waals surface area contributed by atoms with Gasteiger partial charge in [-0.25, -0.2) is 0 Å². The van der Waals surface area contributed by atoms with Crippen LogP contribution in [0.3, 0.4) is 0 Å². The summed E-state index contributed by atoms with van der Waals surface area (Å²) in [7, 11) is 1.84. The first-order valence-corrected chi connectivity index (χ1v) is 6.70. The van der Waals surface area contributed by atoms with Crippen molar-refractivity contribution in [2.45, 2.75) is 69.7 Å². The molecule has 1 aliphatic heterocycles. The lowest BCUT2D eigenvalue weighted by Gasteiger charge is -2.36. The maximum absolute atomic E-state index is 5.58. The molecule has 4 atom stereocenters. The maximum atomic E-state index is 5.58. The molecule has 1 aliphatic carbocycles. The van der Waals surface area contributed by atoms with Gasteiger partial charge < -0.3 is 14.8 Å². The maximum Gasteiger partial charge on any atom is 0.0724 e. The predicted octanol–water partition coefficient (Wildman–Crippen LogP) is 2.10. The smallest absolute Gasteiger partial charge is 0.0724 e. The van der Waals surface area contributed by atoms with Crippen LogP contribution in [-0.2, 0) is 9.47 Å². The second-order valence-electron chi connectivity index (χ2n) is 5.23. The molecule has 0 aromatic rings. The third kappa shape index (κ3) is 3.19. The molecule has 3 heteroatoms. The van der Waals surface area contributed by atoms with E-state index in [1.165, 1.54) is 25.7 Å². The zero-order chi connectivity index (χ0) is 11.4. The number of hydrogen-bond acceptors (Lipinski definition) is 3. The van der Waals surface area contributed by atoms with Crippen molar-refractivity contribution in [2.24, 2.45) is 0 Å². The standard InChI is InChI=1S/C13H25NO2/c1-10-9-11(7-8-16-10)14-12-5-3-4-6-13(12)15-2/h10-14H,3-9H2,1-2H3. The summed E-state index contributed by atoms with van der Waals surface area (Å²) in [6.07, 6.45) is 8.28. The van der Waals surface area contributed by atoms with Gasteiger partial charge in [-0.1, -0.05) is 12.8 Å². The van der Waals surface area contributed by atoms with Crippen molar-refractivity contribution in [1.82, 2.24) is 5.32 Å². The quantitative estimate of drug-likeness (QED) is 0.801. The molecule has 0 bridgehead atoms. The van der Waals surface area contributed by atoms with Gasteiger partial charge in [-0.15, -0.1) is 0 Å². The Morgan fingerprint density at radius 1 is 1.19 bits per heavy atom. The lowest BCUT2D eigenvalue weighted by atomic mass is 9.90. The third-order valence-corrected chi connectivity index (χ3v) is 3.94. The van der Waals surface area contributed by atoms with E-state index in [4.69, 9.17) is 9.47 Å². The summed E-state index contributed by atoms with van der Waals surface area (Å²) in [5.41, 5.74) is 0. The van der Waals surface area contributed by atoms with Gasteiger partial charge in [0, 0.05) is 25.8 Å². The molecule has 3 nitrogen and oxygen atoms in total. The minimum Gasteiger partial charge on any atom is -0.380 e. The van der Waals surface area contributed by atoms with Gasteiger partial charge in [-0.3, -0.25) is 0 Å². The van der Waals surface area contributed by atoms with Crippen LogP contribution in [0.2, 0.25) is 0 Å². The highest BCUT2D eigenvalue weighted by molar-refractivity contribution is 4.86. The number of hydrogen-bond donors (Lipinski definition) is 1. The molecular formula is C13H25NO2. The van der Waals surface area contributed by atoms with E-state index in [1.807, 2.05) is 7.11 Å². The van der Waals surface area contributed by atoms with Crippen LogP contribution in [0.4, 0.5) is 0 Å². The zero-order valence-corrected chi connectivity index (χ0v) is 10.6. The van der Waals surface area contributed by atoms with Gasteiger partial charge in [0.05, 0.1) is 12.2 Å². The lowest BCUT2D eigenvalue weighted by molar-refractivity contribution is -0.00461. The second-order valence-corrected chi connectivity index (χ2v) is 5.23. The van der Waals surface area contributed by atoms with E-state index < -0.39 is 0 Å². The average Bonchev–Trinajstić information content (AvgIpc) is 2.30. The lowest BCUT2D eigenvalue weighted by Crippen LogP contribution is -2.50. The highest BCUT2D eigenvalue weighted by Gasteiger charge is 2.28. The first-order valence-electron chi connectivity index (χ1n) is 6.70. The second kappa shape index (κ2) is 5.99. The van der Waals surface area contributed by atoms with E-state index >= 15 is 0 Å². The van der Waals surface area contributed by atoms with E-state index in [2.05, 4.69) is 12.2 Å². The highest BCUT2D eigenvalue weighted by atomic mass is 16.5. The first-order chi connectivity index (χ1) is 7.79. The summed E-state index contributed by atoms with van der Waals surface area (Å²) in [5, 5.41) is 3.78. The first kappa shape index (κ1) is 12.3. The largest absolute Gasteiger partial charge is 0.380 e. The van der Waals surface area contributed by atoms with Crippen molar-refractivity contribution >= 4 is 0 Å². The van der Waals surface area contributed by atoms with Gasteiger partial charge in [-0.05, 0) is 32.6 Å². The van der Waals surface area contributed by atoms with Gasteiger partial charge in [0.25, 0.3) is 0 Å². The van der Waals surface area contributed by atoms with Gasteiger partial charge >= 0.3 is 0 Å². The van der Waals surface area contributed by atoms with Crippen LogP contribution in [0.5, 0.6) is 0 Å². The Hall–Kier alpha value is -0.120. The van der Waals surface area contributed by atoms with Gasteiger partial charge in [-0.2, -0.15) is 0 Å². The molecule has 94 valence electrons. The Morgan fingerprint density at radius 2 is 2.00 bits per heavy atom. The number of nitrogens with one attached hydrogen (secondary N) is 1. The fraction of sp³-hybridized carbons (Fsp3) is 1.00. The third-order valence-electron chi connectivity index (χ3n) is 3.94. The Bertz CT molecular complexity index is 210. The van der Waals surface area contributed by atoms with Crippen molar-refractivity contribution in [3.63, 3.8) is 0 Å². The predicted molar refractivity (Wildman–Crippen MR) is 64.6 cm³/mol. The zero-order valence-electron chi connectivity index (χ0n) is 10.6. The average molecular weight is 227 g/mol. The molecule has 1 saturated heterocycles. The molecule has 0 aromatic carbocycles. The Kier molecular flexibility index (Phi) is 4.62. The summed E-state index contributed by atoms with van der Waals surface area (Å²) in [4.78, 5) is 0. The summed E-state index contributed by atoms with van der Waals surface area (Å²) >= 11 is 0. The summed E-state index contributed by atoms with van der Waals surface area (Å²) in [6.45, 7) is 3.08. The molecule has 2 fully saturated rings. The van der Waals surface area contributed by atoms with Gasteiger partial charge in [0.1, 0.15) is 0 Å². The van der Waals surface area contributed by atoms with E-state index in [-0.39, 0.29) is 0 Å². The van der Waals surface area contributed by atoms with Gasteiger partial charge in [0.2, 0.25) is 0 Å². The van der Waals surface area contributed by atoms with Crippen LogP contribution >= 0.6 is 0 Å². The van der Waals surface area contributed by atoms with Crippen LogP contribution in [0.1, 0.15) is 45.4 Å². The van der Waals surface area contributed by atoms with Crippen molar-refractivity contribution in [2.75, 3.05) is 13.7 Å². The molecule has 0 spiro atoms. The fourth-order valence-electron chi connectivity index (χ4n) is 3.02. The summed E-state index contributed by atoms with van der Waals surface area (Å²) in [6, 6.07) is 1.19. The molecule has 1 N–H and O–H groups in total. The molecule has 0 radical (unpaired) electrons. The van der Waals surface area contributed by atoms with Crippen LogP contribution in [0.15, 0.2) is 0 Å². The van der Waals surface area contributed by atoms with Crippen LogP contribution in [-0.4, -0.2) is 38.0 Å². The monoisotopic (exact) mass is 227 g/mol. The number of rotatable bonds is 3. The van der Waals surface area contributed by atoms with Crippen molar-refractivity contribution in [1.29, 1.82) is 0 Å². The van der Waals surface area contributed by atoms with Crippen LogP contribution in [0, 0.1) is 0 Å². The van der Waals surface area contributed by atoms with Gasteiger partial charge in [0.15, 0.2) is 0 Å². The Balaban J connectivity index is 1.82. The summed E-state index contributed by atoms with van der Waals surface area (Å²) in [5.74, 6) is 0. The molecule has 4 unspecified atom stereocenters. The molecule has 0 aromatic heterocycles. The molecule has 1 heterocycles. The molecule has 1 saturated carbocycles. The van der Waals surface area contributed by atoms with Crippen LogP contribution < -0.4 is 5.32 Å². The van der Waals surface area contributed by atoms with Crippen molar-refractivity contribution in [3.8, 4) is 0 Å². The van der Waals surface area contributed by atoms with Crippen molar-refractivity contribution < 1.29 is 9.47 Å². The molecule has 2 rings (SSSR count). The molecule has 2 aliphatic rings. The van der Waals surface area contributed by atoms with E-state index in [1.54, 1.807) is 0 Å².